The highest BCUT2D eigenvalue weighted by atomic mass is 16.2. The summed E-state index contributed by atoms with van der Waals surface area (Å²) in [6.45, 7) is 0. The van der Waals surface area contributed by atoms with Crippen LogP contribution in [0.15, 0.2) is 0 Å². The number of urea groups is 1. The first-order valence-corrected chi connectivity index (χ1v) is 2.43. The molecule has 1 aliphatic heterocycles. The van der Waals surface area contributed by atoms with Crippen molar-refractivity contribution in [1.29, 1.82) is 0 Å². The first-order chi connectivity index (χ1) is 3.36. The Morgan fingerprint density at radius 2 is 2.00 bits per heavy atom. The molecule has 1 saturated heterocycles. The van der Waals surface area contributed by atoms with E-state index in [2.05, 4.69) is 10.6 Å². The van der Waals surface area contributed by atoms with Gasteiger partial charge in [0.25, 0.3) is 0 Å². The van der Waals surface area contributed by atoms with Crippen LogP contribution in [0.25, 0.3) is 0 Å². The summed E-state index contributed by atoms with van der Waals surface area (Å²) in [5.74, 6) is 0. The van der Waals surface area contributed by atoms with Crippen LogP contribution in [0.1, 0.15) is 6.42 Å². The lowest BCUT2D eigenvalue weighted by molar-refractivity contribution is 0.245. The molecule has 0 spiro atoms. The van der Waals surface area contributed by atoms with Crippen molar-refractivity contribution in [2.24, 2.45) is 0 Å². The molecule has 2 atom stereocenters. The number of nitrogens with one attached hydrogen (secondary N) is 2. The van der Waals surface area contributed by atoms with Crippen LogP contribution in [0.2, 0.25) is 0 Å². The summed E-state index contributed by atoms with van der Waals surface area (Å²) < 4.78 is 0. The molecule has 2 rings (SSSR count). The van der Waals surface area contributed by atoms with Crippen molar-refractivity contribution < 1.29 is 4.79 Å². The van der Waals surface area contributed by atoms with E-state index < -0.39 is 0 Å². The van der Waals surface area contributed by atoms with Gasteiger partial charge in [0.1, 0.15) is 0 Å². The molecule has 3 heteroatoms. The lowest BCUT2D eigenvalue weighted by Crippen LogP contribution is -2.26. The highest BCUT2D eigenvalue weighted by Gasteiger charge is 2.44. The molecule has 38 valence electrons. The number of fused-ring (bicyclic) bond motifs is 1. The molecule has 2 fully saturated rings. The second-order valence-electron chi connectivity index (χ2n) is 2.07. The van der Waals surface area contributed by atoms with E-state index in [1.165, 1.54) is 0 Å². The van der Waals surface area contributed by atoms with E-state index in [0.29, 0.717) is 12.1 Å². The molecule has 1 aliphatic carbocycles. The predicted octanol–water partition coefficient (Wildman–Crippen LogP) is -0.560. The third-order valence-electron chi connectivity index (χ3n) is 1.42. The minimum absolute atomic E-state index is 0.00116. The fourth-order valence-electron chi connectivity index (χ4n) is 0.892. The fraction of sp³-hybridized carbons (Fsp3) is 0.750. The number of hydrogen-bond donors (Lipinski definition) is 2. The Morgan fingerprint density at radius 1 is 1.43 bits per heavy atom. The molecule has 0 radical (unpaired) electrons. The van der Waals surface area contributed by atoms with Crippen molar-refractivity contribution in [1.82, 2.24) is 10.6 Å². The van der Waals surface area contributed by atoms with Gasteiger partial charge in [0, 0.05) is 0 Å². The van der Waals surface area contributed by atoms with Crippen molar-refractivity contribution in [2.75, 3.05) is 0 Å². The highest BCUT2D eigenvalue weighted by molar-refractivity contribution is 5.79. The van der Waals surface area contributed by atoms with Gasteiger partial charge in [-0.15, -0.1) is 0 Å². The third kappa shape index (κ3) is 0.320. The Labute approximate surface area is 41.1 Å². The van der Waals surface area contributed by atoms with Crippen LogP contribution in [0.5, 0.6) is 0 Å². The Kier molecular flexibility index (Phi) is 0.356. The zero-order chi connectivity index (χ0) is 4.85. The van der Waals surface area contributed by atoms with Crippen molar-refractivity contribution in [3.63, 3.8) is 0 Å². The van der Waals surface area contributed by atoms with Gasteiger partial charge in [-0.2, -0.15) is 0 Å². The summed E-state index contributed by atoms with van der Waals surface area (Å²) in [6, 6.07) is 0.959. The molecule has 2 unspecified atom stereocenters. The quantitative estimate of drug-likeness (QED) is 0.419. The maximum Gasteiger partial charge on any atom is 0.315 e. The first-order valence-electron chi connectivity index (χ1n) is 2.43. The van der Waals surface area contributed by atoms with E-state index in [0.717, 1.165) is 6.42 Å². The minimum atomic E-state index is 0.00116. The van der Waals surface area contributed by atoms with Crippen molar-refractivity contribution in [2.45, 2.75) is 18.5 Å². The van der Waals surface area contributed by atoms with Crippen LogP contribution in [0.3, 0.4) is 0 Å². The molecule has 7 heavy (non-hydrogen) atoms. The second kappa shape index (κ2) is 0.757. The molecule has 2 amide bonds. The molecule has 2 N–H and O–H groups in total. The van der Waals surface area contributed by atoms with Crippen LogP contribution in [-0.2, 0) is 0 Å². The smallest absolute Gasteiger partial charge is 0.315 e. The maximum absolute atomic E-state index is 10.3. The normalized spacial score (nSPS) is 44.3. The van der Waals surface area contributed by atoms with Crippen LogP contribution in [-0.4, -0.2) is 18.1 Å². The SMILES string of the molecule is O=C1NC2CC2N1. The number of carbonyl (C=O) groups excluding carboxylic acids is 1. The summed E-state index contributed by atoms with van der Waals surface area (Å²) in [4.78, 5) is 10.3. The lowest BCUT2D eigenvalue weighted by atomic mass is 10.7. The summed E-state index contributed by atoms with van der Waals surface area (Å²) in [5.41, 5.74) is 0. The molecular formula is C4H6N2O. The van der Waals surface area contributed by atoms with E-state index in [-0.39, 0.29) is 6.03 Å². The van der Waals surface area contributed by atoms with Crippen LogP contribution in [0.4, 0.5) is 4.79 Å². The number of carbonyl (C=O) groups is 1. The molecule has 0 aromatic heterocycles. The molecular weight excluding hydrogens is 92.1 g/mol. The Morgan fingerprint density at radius 3 is 2.29 bits per heavy atom. The first kappa shape index (κ1) is 3.29. The molecule has 0 aromatic rings. The minimum Gasteiger partial charge on any atom is -0.333 e. The summed E-state index contributed by atoms with van der Waals surface area (Å²) in [7, 11) is 0. The van der Waals surface area contributed by atoms with E-state index in [4.69, 9.17) is 0 Å². The van der Waals surface area contributed by atoms with Gasteiger partial charge in [-0.3, -0.25) is 0 Å². The van der Waals surface area contributed by atoms with Crippen LogP contribution >= 0.6 is 0 Å². The summed E-state index contributed by atoms with van der Waals surface area (Å²) >= 11 is 0. The molecule has 2 aliphatic rings. The summed E-state index contributed by atoms with van der Waals surface area (Å²) in [6.07, 6.45) is 1.13. The van der Waals surface area contributed by atoms with Gasteiger partial charge < -0.3 is 10.6 Å². The largest absolute Gasteiger partial charge is 0.333 e. The average Bonchev–Trinajstić information content (AvgIpc) is 2.15. The highest BCUT2D eigenvalue weighted by Crippen LogP contribution is 2.24. The zero-order valence-electron chi connectivity index (χ0n) is 3.77. The number of hydrogen-bond acceptors (Lipinski definition) is 1. The molecule has 3 nitrogen and oxygen atoms in total. The average molecular weight is 98.1 g/mol. The van der Waals surface area contributed by atoms with E-state index in [9.17, 15) is 4.79 Å². The van der Waals surface area contributed by atoms with E-state index in [1.54, 1.807) is 0 Å². The Balaban J connectivity index is 2.14. The molecule has 0 bridgehead atoms. The van der Waals surface area contributed by atoms with E-state index in [1.807, 2.05) is 0 Å². The Hall–Kier alpha value is -0.730. The van der Waals surface area contributed by atoms with Crippen LogP contribution in [0, 0.1) is 0 Å². The number of amides is 2. The topological polar surface area (TPSA) is 41.1 Å². The van der Waals surface area contributed by atoms with Gasteiger partial charge in [0.2, 0.25) is 0 Å². The van der Waals surface area contributed by atoms with Crippen molar-refractivity contribution in [3.05, 3.63) is 0 Å². The second-order valence-corrected chi connectivity index (χ2v) is 2.07. The Bertz CT molecular complexity index is 111. The van der Waals surface area contributed by atoms with Gasteiger partial charge in [-0.25, -0.2) is 4.79 Å². The standard InChI is InChI=1S/C4H6N2O/c7-4-5-2-1-3(2)6-4/h2-3H,1H2,(H2,5,6,7). The van der Waals surface area contributed by atoms with Crippen molar-refractivity contribution >= 4 is 6.03 Å². The molecule has 1 heterocycles. The monoisotopic (exact) mass is 98.0 g/mol. The van der Waals surface area contributed by atoms with Crippen LogP contribution < -0.4 is 10.6 Å². The third-order valence-corrected chi connectivity index (χ3v) is 1.42. The van der Waals surface area contributed by atoms with Gasteiger partial charge in [0.15, 0.2) is 0 Å². The summed E-state index contributed by atoms with van der Waals surface area (Å²) in [5, 5.41) is 5.48. The van der Waals surface area contributed by atoms with Gasteiger partial charge in [-0.1, -0.05) is 0 Å². The molecule has 0 aromatic carbocycles. The maximum atomic E-state index is 10.3. The van der Waals surface area contributed by atoms with Gasteiger partial charge >= 0.3 is 6.03 Å². The predicted molar refractivity (Wildman–Crippen MR) is 23.9 cm³/mol. The number of rotatable bonds is 0. The van der Waals surface area contributed by atoms with Crippen molar-refractivity contribution in [3.8, 4) is 0 Å². The molecule has 1 saturated carbocycles. The van der Waals surface area contributed by atoms with E-state index >= 15 is 0 Å². The van der Waals surface area contributed by atoms with Gasteiger partial charge in [-0.05, 0) is 6.42 Å². The fourth-order valence-corrected chi connectivity index (χ4v) is 0.892. The lowest BCUT2D eigenvalue weighted by Gasteiger charge is -1.90. The van der Waals surface area contributed by atoms with Gasteiger partial charge in [0.05, 0.1) is 12.1 Å². The zero-order valence-corrected chi connectivity index (χ0v) is 3.77.